The summed E-state index contributed by atoms with van der Waals surface area (Å²) in [6.45, 7) is -0.275. The Morgan fingerprint density at radius 2 is 2.03 bits per heavy atom. The van der Waals surface area contributed by atoms with Crippen LogP contribution in [-0.2, 0) is 16.1 Å². The van der Waals surface area contributed by atoms with Crippen molar-refractivity contribution < 1.29 is 23.8 Å². The Labute approximate surface area is 206 Å². The Balaban J connectivity index is 1.65. The van der Waals surface area contributed by atoms with E-state index in [2.05, 4.69) is 20.9 Å². The molecule has 1 fully saturated rings. The minimum Gasteiger partial charge on any atom is -0.479 e. The lowest BCUT2D eigenvalue weighted by Crippen LogP contribution is -2.28. The van der Waals surface area contributed by atoms with Crippen LogP contribution in [0.25, 0.3) is 6.08 Å². The highest BCUT2D eigenvalue weighted by atomic mass is 79.9. The van der Waals surface area contributed by atoms with Crippen LogP contribution in [0.2, 0.25) is 5.02 Å². The van der Waals surface area contributed by atoms with E-state index in [4.69, 9.17) is 25.9 Å². The average Bonchev–Trinajstić information content (AvgIpc) is 3.38. The number of halogens is 2. The summed E-state index contributed by atoms with van der Waals surface area (Å²) in [5.41, 5.74) is 1.37. The van der Waals surface area contributed by atoms with Crippen molar-refractivity contribution in [1.82, 2.24) is 4.90 Å². The molecule has 2 aromatic carbocycles. The molecule has 0 radical (unpaired) electrons. The SMILES string of the molecule is O=C(O)COc1c(Cl)cc(/C=C2\SC(=Nc3ccccc3)N(Cc3ccco3)C2=O)cc1Br. The van der Waals surface area contributed by atoms with Crippen molar-refractivity contribution in [2.45, 2.75) is 6.54 Å². The molecule has 0 atom stereocenters. The number of para-hydroxylation sites is 1. The second kappa shape index (κ2) is 10.3. The first-order chi connectivity index (χ1) is 15.9. The number of aliphatic imine (C=N–C) groups is 1. The molecule has 1 aromatic heterocycles. The predicted octanol–water partition coefficient (Wildman–Crippen LogP) is 5.96. The number of benzene rings is 2. The van der Waals surface area contributed by atoms with Gasteiger partial charge in [-0.25, -0.2) is 9.79 Å². The van der Waals surface area contributed by atoms with Gasteiger partial charge in [0.2, 0.25) is 0 Å². The third-order valence-corrected chi connectivity index (χ3v) is 6.30. The molecule has 1 saturated heterocycles. The number of amides is 1. The molecule has 3 aromatic rings. The smallest absolute Gasteiger partial charge is 0.341 e. The van der Waals surface area contributed by atoms with Crippen molar-refractivity contribution in [3.05, 3.63) is 86.6 Å². The number of nitrogens with zero attached hydrogens (tertiary/aromatic N) is 2. The summed E-state index contributed by atoms with van der Waals surface area (Å²) in [6.07, 6.45) is 3.26. The van der Waals surface area contributed by atoms with Gasteiger partial charge < -0.3 is 14.3 Å². The standard InChI is InChI=1S/C23H16BrClN2O5S/c24-17-9-14(10-18(25)21(17)32-13-20(28)29)11-19-22(30)27(12-16-7-4-8-31-16)23(33-19)26-15-5-2-1-3-6-15/h1-11H,12-13H2,(H,28,29)/b19-11-,26-23?. The molecule has 1 amide bonds. The molecular weight excluding hydrogens is 532 g/mol. The first-order valence-electron chi connectivity index (χ1n) is 9.62. The second-order valence-corrected chi connectivity index (χ2v) is 9.08. The molecule has 168 valence electrons. The molecule has 1 N–H and O–H groups in total. The van der Waals surface area contributed by atoms with Crippen LogP contribution in [0.5, 0.6) is 5.75 Å². The van der Waals surface area contributed by atoms with E-state index in [9.17, 15) is 9.59 Å². The van der Waals surface area contributed by atoms with E-state index in [-0.39, 0.29) is 23.2 Å². The van der Waals surface area contributed by atoms with Gasteiger partial charge in [0.1, 0.15) is 5.76 Å². The zero-order valence-corrected chi connectivity index (χ0v) is 20.1. The van der Waals surface area contributed by atoms with E-state index in [0.717, 1.165) is 5.69 Å². The summed E-state index contributed by atoms with van der Waals surface area (Å²) in [7, 11) is 0. The fourth-order valence-electron chi connectivity index (χ4n) is 2.99. The molecule has 7 nitrogen and oxygen atoms in total. The maximum atomic E-state index is 13.2. The molecule has 0 unspecified atom stereocenters. The first-order valence-corrected chi connectivity index (χ1v) is 11.6. The highest BCUT2D eigenvalue weighted by molar-refractivity contribution is 9.10. The molecule has 1 aliphatic rings. The average molecular weight is 548 g/mol. The van der Waals surface area contributed by atoms with E-state index < -0.39 is 12.6 Å². The lowest BCUT2D eigenvalue weighted by molar-refractivity contribution is -0.139. The number of hydrogen-bond acceptors (Lipinski definition) is 6. The van der Waals surface area contributed by atoms with Gasteiger partial charge in [-0.2, -0.15) is 0 Å². The maximum absolute atomic E-state index is 13.2. The zero-order chi connectivity index (χ0) is 23.4. The third kappa shape index (κ3) is 5.68. The van der Waals surface area contributed by atoms with Gasteiger partial charge in [0.25, 0.3) is 5.91 Å². The van der Waals surface area contributed by atoms with E-state index in [1.807, 2.05) is 30.3 Å². The van der Waals surface area contributed by atoms with Crippen molar-refractivity contribution in [3.8, 4) is 5.75 Å². The molecule has 10 heteroatoms. The number of furan rings is 1. The van der Waals surface area contributed by atoms with Gasteiger partial charge >= 0.3 is 5.97 Å². The van der Waals surface area contributed by atoms with E-state index in [1.54, 1.807) is 41.5 Å². The molecule has 0 bridgehead atoms. The summed E-state index contributed by atoms with van der Waals surface area (Å²) >= 11 is 10.9. The van der Waals surface area contributed by atoms with Crippen LogP contribution in [0, 0.1) is 0 Å². The van der Waals surface area contributed by atoms with Crippen LogP contribution in [0.4, 0.5) is 5.69 Å². The number of thioether (sulfide) groups is 1. The molecule has 2 heterocycles. The van der Waals surface area contributed by atoms with Gasteiger partial charge in [-0.3, -0.25) is 9.69 Å². The Morgan fingerprint density at radius 3 is 2.70 bits per heavy atom. The quantitative estimate of drug-likeness (QED) is 0.367. The van der Waals surface area contributed by atoms with Gasteiger partial charge in [-0.05, 0) is 75.7 Å². The highest BCUT2D eigenvalue weighted by Gasteiger charge is 2.34. The number of carbonyl (C=O) groups is 2. The van der Waals surface area contributed by atoms with Crippen LogP contribution in [0.3, 0.4) is 0 Å². The molecular formula is C23H16BrClN2O5S. The van der Waals surface area contributed by atoms with Crippen molar-refractivity contribution in [2.24, 2.45) is 4.99 Å². The number of carboxylic acid groups (broad SMARTS) is 1. The molecule has 0 saturated carbocycles. The molecule has 33 heavy (non-hydrogen) atoms. The van der Waals surface area contributed by atoms with Crippen LogP contribution in [-0.4, -0.2) is 33.7 Å². The fraction of sp³-hybridized carbons (Fsp3) is 0.0870. The van der Waals surface area contributed by atoms with Gasteiger partial charge in [-0.15, -0.1) is 0 Å². The first kappa shape index (κ1) is 23.2. The monoisotopic (exact) mass is 546 g/mol. The Morgan fingerprint density at radius 1 is 1.24 bits per heavy atom. The van der Waals surface area contributed by atoms with Crippen molar-refractivity contribution in [1.29, 1.82) is 0 Å². The lowest BCUT2D eigenvalue weighted by Gasteiger charge is -2.13. The van der Waals surface area contributed by atoms with Crippen LogP contribution in [0.1, 0.15) is 11.3 Å². The third-order valence-electron chi connectivity index (χ3n) is 4.42. The minimum absolute atomic E-state index is 0.218. The Bertz CT molecular complexity index is 1220. The predicted molar refractivity (Wildman–Crippen MR) is 131 cm³/mol. The topological polar surface area (TPSA) is 92.3 Å². The maximum Gasteiger partial charge on any atom is 0.341 e. The Kier molecular flexibility index (Phi) is 7.22. The van der Waals surface area contributed by atoms with Crippen LogP contribution in [0.15, 0.2) is 79.6 Å². The van der Waals surface area contributed by atoms with Gasteiger partial charge in [0, 0.05) is 0 Å². The number of rotatable bonds is 7. The van der Waals surface area contributed by atoms with Crippen LogP contribution >= 0.6 is 39.3 Å². The second-order valence-electron chi connectivity index (χ2n) is 6.81. The van der Waals surface area contributed by atoms with E-state index >= 15 is 0 Å². The van der Waals surface area contributed by atoms with Crippen LogP contribution < -0.4 is 4.74 Å². The number of ether oxygens (including phenoxy) is 1. The summed E-state index contributed by atoms with van der Waals surface area (Å²) in [5, 5.41) is 9.57. The van der Waals surface area contributed by atoms with E-state index in [1.165, 1.54) is 11.8 Å². The minimum atomic E-state index is -1.11. The number of carbonyl (C=O) groups excluding carboxylic acids is 1. The number of hydrogen-bond donors (Lipinski definition) is 1. The Hall–Kier alpha value is -3.01. The van der Waals surface area contributed by atoms with E-state index in [0.29, 0.717) is 25.9 Å². The summed E-state index contributed by atoms with van der Waals surface area (Å²) < 4.78 is 11.1. The largest absolute Gasteiger partial charge is 0.479 e. The summed E-state index contributed by atoms with van der Waals surface area (Å²) in [6, 6.07) is 16.2. The number of amidine groups is 1. The van der Waals surface area contributed by atoms with Crippen molar-refractivity contribution in [2.75, 3.05) is 6.61 Å². The van der Waals surface area contributed by atoms with Gasteiger partial charge in [0.15, 0.2) is 17.5 Å². The zero-order valence-electron chi connectivity index (χ0n) is 16.9. The molecule has 0 aliphatic carbocycles. The lowest BCUT2D eigenvalue weighted by atomic mass is 10.2. The molecule has 0 spiro atoms. The van der Waals surface area contributed by atoms with Gasteiger partial charge in [-0.1, -0.05) is 29.8 Å². The normalized spacial score (nSPS) is 16.1. The number of aliphatic carboxylic acids is 1. The fourth-order valence-corrected chi connectivity index (χ4v) is 4.97. The van der Waals surface area contributed by atoms with Crippen molar-refractivity contribution >= 4 is 68.1 Å². The summed E-state index contributed by atoms with van der Waals surface area (Å²) in [5.74, 6) is -0.474. The van der Waals surface area contributed by atoms with Crippen molar-refractivity contribution in [3.63, 3.8) is 0 Å². The number of carboxylic acids is 1. The molecule has 4 rings (SSSR count). The summed E-state index contributed by atoms with van der Waals surface area (Å²) in [4.78, 5) is 30.7. The highest BCUT2D eigenvalue weighted by Crippen LogP contribution is 2.38. The van der Waals surface area contributed by atoms with Gasteiger partial charge in [0.05, 0.1) is 32.9 Å². The molecule has 1 aliphatic heterocycles.